The lowest BCUT2D eigenvalue weighted by Crippen LogP contribution is -2.57. The zero-order valence-corrected chi connectivity index (χ0v) is 11.2. The Balaban J connectivity index is 2.20. The molecule has 0 spiro atoms. The van der Waals surface area contributed by atoms with Crippen LogP contribution in [0.1, 0.15) is 0 Å². The molecule has 1 atom stereocenters. The topological polar surface area (TPSA) is 70.7 Å². The van der Waals surface area contributed by atoms with E-state index in [9.17, 15) is 22.8 Å². The summed E-state index contributed by atoms with van der Waals surface area (Å²) in [5, 5.41) is 4.48. The van der Waals surface area contributed by atoms with Gasteiger partial charge in [-0.15, -0.1) is 0 Å². The Labute approximate surface area is 122 Å². The summed E-state index contributed by atoms with van der Waals surface area (Å²) in [4.78, 5) is 24.9. The second kappa shape index (κ2) is 4.65. The minimum atomic E-state index is -4.82. The average molecular weight is 313 g/mol. The fraction of sp³-hybridized carbons (Fsp3) is 0.231. The Morgan fingerprint density at radius 3 is 2.64 bits per heavy atom. The van der Waals surface area contributed by atoms with E-state index in [0.29, 0.717) is 11.4 Å². The molecule has 0 aliphatic carbocycles. The lowest BCUT2D eigenvalue weighted by atomic mass is 10.0. The number of hydrogen-bond donors (Lipinski definition) is 2. The fourth-order valence-electron chi connectivity index (χ4n) is 2.44. The molecular weight excluding hydrogens is 303 g/mol. The highest BCUT2D eigenvalue weighted by Crippen LogP contribution is 2.42. The molecule has 0 fully saturated rings. The van der Waals surface area contributed by atoms with E-state index in [1.54, 1.807) is 29.6 Å². The van der Waals surface area contributed by atoms with E-state index in [0.717, 1.165) is 12.0 Å². The molecule has 1 unspecified atom stereocenters. The zero-order chi connectivity index (χ0) is 16.1. The SMILES string of the molecule is COC(=O)C1=C2Nc3ccccc3N2C(=O)NC1C(F)(F)F. The molecule has 2 aliphatic heterocycles. The van der Waals surface area contributed by atoms with E-state index in [-0.39, 0.29) is 5.82 Å². The molecule has 1 aromatic carbocycles. The van der Waals surface area contributed by atoms with Gasteiger partial charge in [-0.3, -0.25) is 0 Å². The van der Waals surface area contributed by atoms with Crippen LogP contribution in [0.2, 0.25) is 0 Å². The van der Waals surface area contributed by atoms with Crippen LogP contribution in [-0.4, -0.2) is 31.3 Å². The van der Waals surface area contributed by atoms with Crippen molar-refractivity contribution < 1.29 is 27.5 Å². The Morgan fingerprint density at radius 2 is 2.00 bits per heavy atom. The number of carbonyl (C=O) groups excluding carboxylic acids is 2. The second-order valence-electron chi connectivity index (χ2n) is 4.66. The van der Waals surface area contributed by atoms with Gasteiger partial charge in [0.2, 0.25) is 0 Å². The molecule has 0 radical (unpaired) electrons. The van der Waals surface area contributed by atoms with Crippen LogP contribution < -0.4 is 15.5 Å². The summed E-state index contributed by atoms with van der Waals surface area (Å²) < 4.78 is 43.9. The number of alkyl halides is 3. The van der Waals surface area contributed by atoms with Crippen molar-refractivity contribution in [2.24, 2.45) is 0 Å². The van der Waals surface area contributed by atoms with Gasteiger partial charge in [0.05, 0.1) is 18.5 Å². The van der Waals surface area contributed by atoms with Crippen molar-refractivity contribution >= 4 is 23.4 Å². The van der Waals surface area contributed by atoms with Crippen LogP contribution in [0, 0.1) is 0 Å². The van der Waals surface area contributed by atoms with Crippen LogP contribution >= 0.6 is 0 Å². The summed E-state index contributed by atoms with van der Waals surface area (Å²) in [7, 11) is 0.978. The molecule has 0 saturated heterocycles. The van der Waals surface area contributed by atoms with Crippen LogP contribution in [-0.2, 0) is 9.53 Å². The molecule has 0 bridgehead atoms. The van der Waals surface area contributed by atoms with Crippen LogP contribution in [0.15, 0.2) is 35.7 Å². The minimum Gasteiger partial charge on any atom is -0.465 e. The monoisotopic (exact) mass is 313 g/mol. The number of anilines is 2. The molecule has 3 rings (SSSR count). The van der Waals surface area contributed by atoms with Gasteiger partial charge in [0, 0.05) is 0 Å². The third-order valence-corrected chi connectivity index (χ3v) is 3.37. The molecule has 6 nitrogen and oxygen atoms in total. The molecule has 2 heterocycles. The Hall–Kier alpha value is -2.71. The Bertz CT molecular complexity index is 699. The van der Waals surface area contributed by atoms with E-state index >= 15 is 0 Å². The Kier molecular flexibility index (Phi) is 3.01. The van der Waals surface area contributed by atoms with Crippen LogP contribution in [0.3, 0.4) is 0 Å². The molecular formula is C13H10F3N3O3. The summed E-state index contributed by atoms with van der Waals surface area (Å²) in [6.07, 6.45) is -4.82. The molecule has 1 aromatic rings. The lowest BCUT2D eigenvalue weighted by Gasteiger charge is -2.32. The van der Waals surface area contributed by atoms with E-state index < -0.39 is 29.8 Å². The maximum Gasteiger partial charge on any atom is 0.413 e. The number of carbonyl (C=O) groups is 2. The predicted molar refractivity (Wildman–Crippen MR) is 70.0 cm³/mol. The number of ether oxygens (including phenoxy) is 1. The van der Waals surface area contributed by atoms with E-state index in [2.05, 4.69) is 10.1 Å². The van der Waals surface area contributed by atoms with Gasteiger partial charge in [0.15, 0.2) is 6.04 Å². The first-order chi connectivity index (χ1) is 10.3. The second-order valence-corrected chi connectivity index (χ2v) is 4.66. The molecule has 2 amide bonds. The number of urea groups is 1. The van der Waals surface area contributed by atoms with Gasteiger partial charge in [0.1, 0.15) is 11.4 Å². The smallest absolute Gasteiger partial charge is 0.413 e. The number of nitrogens with one attached hydrogen (secondary N) is 2. The molecule has 0 aromatic heterocycles. The number of esters is 1. The lowest BCUT2D eigenvalue weighted by molar-refractivity contribution is -0.155. The summed E-state index contributed by atoms with van der Waals surface area (Å²) in [6, 6.07) is 3.03. The van der Waals surface area contributed by atoms with E-state index in [1.807, 2.05) is 0 Å². The molecule has 9 heteroatoms. The third-order valence-electron chi connectivity index (χ3n) is 3.37. The normalized spacial score (nSPS) is 20.1. The number of hydrogen-bond acceptors (Lipinski definition) is 4. The summed E-state index contributed by atoms with van der Waals surface area (Å²) >= 11 is 0. The minimum absolute atomic E-state index is 0.237. The molecule has 22 heavy (non-hydrogen) atoms. The van der Waals surface area contributed by atoms with Crippen molar-refractivity contribution in [2.45, 2.75) is 12.2 Å². The third kappa shape index (κ3) is 1.97. The van der Waals surface area contributed by atoms with Gasteiger partial charge >= 0.3 is 18.2 Å². The summed E-state index contributed by atoms with van der Waals surface area (Å²) in [5.74, 6) is -1.40. The van der Waals surface area contributed by atoms with Gasteiger partial charge < -0.3 is 15.4 Å². The van der Waals surface area contributed by atoms with Gasteiger partial charge in [-0.05, 0) is 12.1 Å². The van der Waals surface area contributed by atoms with Crippen molar-refractivity contribution in [3.05, 3.63) is 35.7 Å². The van der Waals surface area contributed by atoms with Crippen molar-refractivity contribution in [3.8, 4) is 0 Å². The average Bonchev–Trinajstić information content (AvgIpc) is 2.85. The molecule has 116 valence electrons. The van der Waals surface area contributed by atoms with Crippen molar-refractivity contribution in [2.75, 3.05) is 17.3 Å². The van der Waals surface area contributed by atoms with Gasteiger partial charge in [-0.1, -0.05) is 12.1 Å². The number of fused-ring (bicyclic) bond motifs is 3. The van der Waals surface area contributed by atoms with Gasteiger partial charge in [-0.2, -0.15) is 13.2 Å². The largest absolute Gasteiger partial charge is 0.465 e. The maximum absolute atomic E-state index is 13.1. The van der Waals surface area contributed by atoms with E-state index in [1.165, 1.54) is 0 Å². The van der Waals surface area contributed by atoms with Crippen molar-refractivity contribution in [1.29, 1.82) is 0 Å². The van der Waals surface area contributed by atoms with E-state index in [4.69, 9.17) is 0 Å². The number of methoxy groups -OCH3 is 1. The number of benzene rings is 1. The number of halogens is 3. The highest BCUT2D eigenvalue weighted by Gasteiger charge is 2.53. The maximum atomic E-state index is 13.1. The number of para-hydroxylation sites is 2. The first-order valence-electron chi connectivity index (χ1n) is 6.20. The standard InChI is InChI=1S/C13H10F3N3O3/c1-22-11(20)8-9(13(14,15)16)18-12(21)19-7-5-3-2-4-6(7)17-10(8)19/h2-5,9,17H,1H3,(H,18,21). The molecule has 2 aliphatic rings. The number of nitrogens with zero attached hydrogens (tertiary/aromatic N) is 1. The first kappa shape index (κ1) is 14.2. The Morgan fingerprint density at radius 1 is 1.32 bits per heavy atom. The summed E-state index contributed by atoms with van der Waals surface area (Å²) in [5.41, 5.74) is 0.0969. The fourth-order valence-corrected chi connectivity index (χ4v) is 2.44. The number of rotatable bonds is 1. The van der Waals surface area contributed by atoms with Crippen molar-refractivity contribution in [1.82, 2.24) is 5.32 Å². The van der Waals surface area contributed by atoms with Crippen LogP contribution in [0.5, 0.6) is 0 Å². The van der Waals surface area contributed by atoms with Gasteiger partial charge in [-0.25, -0.2) is 14.5 Å². The highest BCUT2D eigenvalue weighted by atomic mass is 19.4. The van der Waals surface area contributed by atoms with Gasteiger partial charge in [0.25, 0.3) is 0 Å². The van der Waals surface area contributed by atoms with Crippen LogP contribution in [0.25, 0.3) is 0 Å². The zero-order valence-electron chi connectivity index (χ0n) is 11.2. The quantitative estimate of drug-likeness (QED) is 0.778. The summed E-state index contributed by atoms with van der Waals surface area (Å²) in [6.45, 7) is 0. The van der Waals surface area contributed by atoms with Crippen molar-refractivity contribution in [3.63, 3.8) is 0 Å². The first-order valence-corrected chi connectivity index (χ1v) is 6.20. The molecule has 2 N–H and O–H groups in total. The molecule has 0 saturated carbocycles. The number of amides is 2. The van der Waals surface area contributed by atoms with Crippen LogP contribution in [0.4, 0.5) is 29.3 Å². The highest BCUT2D eigenvalue weighted by molar-refractivity contribution is 6.08. The predicted octanol–water partition coefficient (Wildman–Crippen LogP) is 1.96.